The first kappa shape index (κ1) is 21.8. The van der Waals surface area contributed by atoms with Crippen molar-refractivity contribution in [1.82, 2.24) is 10.6 Å². The summed E-state index contributed by atoms with van der Waals surface area (Å²) in [6.07, 6.45) is 11.0. The van der Waals surface area contributed by atoms with E-state index in [1.165, 1.54) is 0 Å². The Hall–Kier alpha value is -3.90. The molecule has 2 unspecified atom stereocenters. The van der Waals surface area contributed by atoms with E-state index in [1.807, 2.05) is 36.4 Å². The maximum Gasteiger partial charge on any atom is 0.224 e. The smallest absolute Gasteiger partial charge is 0.224 e. The fourth-order valence-corrected chi connectivity index (χ4v) is 3.22. The number of carbonyl (C=O) groups is 2. The van der Waals surface area contributed by atoms with E-state index in [9.17, 15) is 9.59 Å². The molecule has 2 amide bonds. The van der Waals surface area contributed by atoms with Gasteiger partial charge >= 0.3 is 0 Å². The first-order valence-electron chi connectivity index (χ1n) is 9.97. The monoisotopic (exact) mass is 416 g/mol. The van der Waals surface area contributed by atoms with Crippen molar-refractivity contribution in [2.75, 3.05) is 13.2 Å². The number of terminal acetylenes is 2. The number of benzene rings is 2. The summed E-state index contributed by atoms with van der Waals surface area (Å²) in [6, 6.07) is 14.7. The Morgan fingerprint density at radius 3 is 1.65 bits per heavy atom. The lowest BCUT2D eigenvalue weighted by Gasteiger charge is -2.11. The number of amides is 2. The van der Waals surface area contributed by atoms with E-state index in [-0.39, 0.29) is 36.9 Å². The van der Waals surface area contributed by atoms with Crippen LogP contribution in [0.5, 0.6) is 11.5 Å². The first-order chi connectivity index (χ1) is 15.1. The third-order valence-electron chi connectivity index (χ3n) is 4.94. The van der Waals surface area contributed by atoms with Crippen LogP contribution in [0.2, 0.25) is 0 Å². The van der Waals surface area contributed by atoms with E-state index in [2.05, 4.69) is 22.5 Å². The van der Waals surface area contributed by atoms with Gasteiger partial charge in [0.2, 0.25) is 11.8 Å². The number of rotatable bonds is 10. The Labute approximate surface area is 182 Å². The van der Waals surface area contributed by atoms with Gasteiger partial charge < -0.3 is 20.1 Å². The highest BCUT2D eigenvalue weighted by Crippen LogP contribution is 2.39. The van der Waals surface area contributed by atoms with Gasteiger partial charge in [-0.2, -0.15) is 0 Å². The van der Waals surface area contributed by atoms with Gasteiger partial charge in [-0.15, -0.1) is 12.8 Å². The Kier molecular flexibility index (Phi) is 7.56. The van der Waals surface area contributed by atoms with Gasteiger partial charge in [0.25, 0.3) is 0 Å². The molecule has 0 aromatic heterocycles. The number of carbonyl (C=O) groups excluding carboxylic acids is 2. The minimum Gasteiger partial charge on any atom is -0.481 e. The fourth-order valence-electron chi connectivity index (χ4n) is 3.22. The van der Waals surface area contributed by atoms with Crippen LogP contribution in [0.3, 0.4) is 0 Å². The second kappa shape index (κ2) is 10.8. The van der Waals surface area contributed by atoms with Gasteiger partial charge in [0.05, 0.1) is 11.8 Å². The minimum atomic E-state index is -0.327. The van der Waals surface area contributed by atoms with Gasteiger partial charge in [0.15, 0.2) is 0 Å². The summed E-state index contributed by atoms with van der Waals surface area (Å²) < 4.78 is 11.0. The van der Waals surface area contributed by atoms with Crippen molar-refractivity contribution >= 4 is 11.8 Å². The molecule has 2 N–H and O–H groups in total. The third-order valence-corrected chi connectivity index (χ3v) is 4.94. The molecule has 2 aromatic carbocycles. The average molecular weight is 416 g/mol. The molecule has 1 saturated carbocycles. The molecule has 0 bridgehead atoms. The summed E-state index contributed by atoms with van der Waals surface area (Å²) in [4.78, 5) is 24.9. The highest BCUT2D eigenvalue weighted by atomic mass is 16.5. The second-order valence-corrected chi connectivity index (χ2v) is 7.09. The topological polar surface area (TPSA) is 76.7 Å². The summed E-state index contributed by atoms with van der Waals surface area (Å²) in [5.41, 5.74) is 1.66. The molecule has 0 heterocycles. The molecule has 1 aliphatic rings. The third kappa shape index (κ3) is 6.04. The standard InChI is InChI=1S/C25H24N2O4/c1-3-13-30-22-11-7-5-9-18(22)16-26-24(28)20-15-21(20)25(29)27-17-19-10-6-8-12-23(19)31-14-4-2/h1-2,5-12,20-21H,13-17H2,(H,26,28)(H,27,29). The molecule has 0 aliphatic heterocycles. The molecule has 6 heteroatoms. The molecule has 158 valence electrons. The van der Waals surface area contributed by atoms with Crippen molar-refractivity contribution < 1.29 is 19.1 Å². The molecule has 3 rings (SSSR count). The van der Waals surface area contributed by atoms with Crippen LogP contribution in [0.1, 0.15) is 17.5 Å². The summed E-state index contributed by atoms with van der Waals surface area (Å²) in [7, 11) is 0. The van der Waals surface area contributed by atoms with Crippen molar-refractivity contribution in [3.05, 3.63) is 59.7 Å². The van der Waals surface area contributed by atoms with Crippen molar-refractivity contribution in [2.45, 2.75) is 19.5 Å². The Balaban J connectivity index is 1.47. The predicted octanol–water partition coefficient (Wildman–Crippen LogP) is 2.28. The summed E-state index contributed by atoms with van der Waals surface area (Å²) in [6.45, 7) is 0.939. The zero-order valence-electron chi connectivity index (χ0n) is 17.1. The molecule has 0 radical (unpaired) electrons. The van der Waals surface area contributed by atoms with Gasteiger partial charge in [-0.3, -0.25) is 9.59 Å². The minimum absolute atomic E-state index is 0.148. The lowest BCUT2D eigenvalue weighted by molar-refractivity contribution is -0.127. The first-order valence-corrected chi connectivity index (χ1v) is 9.97. The van der Waals surface area contributed by atoms with Gasteiger partial charge in [-0.25, -0.2) is 0 Å². The molecule has 0 saturated heterocycles. The van der Waals surface area contributed by atoms with E-state index < -0.39 is 0 Å². The van der Waals surface area contributed by atoms with Crippen LogP contribution < -0.4 is 20.1 Å². The van der Waals surface area contributed by atoms with Crippen LogP contribution in [-0.4, -0.2) is 25.0 Å². The fraction of sp³-hybridized carbons (Fsp3) is 0.280. The van der Waals surface area contributed by atoms with E-state index >= 15 is 0 Å². The number of hydrogen-bond acceptors (Lipinski definition) is 4. The number of nitrogens with one attached hydrogen (secondary N) is 2. The largest absolute Gasteiger partial charge is 0.481 e. The highest BCUT2D eigenvalue weighted by Gasteiger charge is 2.47. The van der Waals surface area contributed by atoms with E-state index in [1.54, 1.807) is 12.1 Å². The zero-order chi connectivity index (χ0) is 22.1. The lowest BCUT2D eigenvalue weighted by Crippen LogP contribution is -2.30. The molecule has 0 spiro atoms. The quantitative estimate of drug-likeness (QED) is 0.583. The van der Waals surface area contributed by atoms with Crippen molar-refractivity contribution in [3.8, 4) is 36.2 Å². The number of ether oxygens (including phenoxy) is 2. The molecular weight excluding hydrogens is 392 g/mol. The van der Waals surface area contributed by atoms with Crippen LogP contribution in [0.4, 0.5) is 0 Å². The molecular formula is C25H24N2O4. The summed E-state index contributed by atoms with van der Waals surface area (Å²) >= 11 is 0. The van der Waals surface area contributed by atoms with Crippen molar-refractivity contribution in [2.24, 2.45) is 11.8 Å². The average Bonchev–Trinajstić information content (AvgIpc) is 3.60. The van der Waals surface area contributed by atoms with Crippen LogP contribution in [-0.2, 0) is 22.7 Å². The van der Waals surface area contributed by atoms with Crippen molar-refractivity contribution in [3.63, 3.8) is 0 Å². The van der Waals surface area contributed by atoms with Crippen LogP contribution >= 0.6 is 0 Å². The van der Waals surface area contributed by atoms with E-state index in [0.717, 1.165) is 11.1 Å². The second-order valence-electron chi connectivity index (χ2n) is 7.09. The number of para-hydroxylation sites is 2. The van der Waals surface area contributed by atoms with Crippen LogP contribution in [0.15, 0.2) is 48.5 Å². The zero-order valence-corrected chi connectivity index (χ0v) is 17.1. The van der Waals surface area contributed by atoms with Gasteiger partial charge in [0.1, 0.15) is 24.7 Å². The predicted molar refractivity (Wildman–Crippen MR) is 117 cm³/mol. The SMILES string of the molecule is C#CCOc1ccccc1CNC(=O)C1CC1C(=O)NCc1ccccc1OCC#C. The van der Waals surface area contributed by atoms with Gasteiger partial charge in [0, 0.05) is 24.2 Å². The lowest BCUT2D eigenvalue weighted by atomic mass is 10.2. The molecule has 2 aromatic rings. The van der Waals surface area contributed by atoms with Gasteiger partial charge in [-0.05, 0) is 18.6 Å². The molecule has 2 atom stereocenters. The highest BCUT2D eigenvalue weighted by molar-refractivity contribution is 5.92. The van der Waals surface area contributed by atoms with E-state index in [0.29, 0.717) is 31.0 Å². The summed E-state index contributed by atoms with van der Waals surface area (Å²) in [5, 5.41) is 5.76. The molecule has 6 nitrogen and oxygen atoms in total. The van der Waals surface area contributed by atoms with E-state index in [4.69, 9.17) is 22.3 Å². The maximum absolute atomic E-state index is 12.5. The van der Waals surface area contributed by atoms with Crippen molar-refractivity contribution in [1.29, 1.82) is 0 Å². The molecule has 1 aliphatic carbocycles. The Morgan fingerprint density at radius 2 is 1.23 bits per heavy atom. The normalized spacial score (nSPS) is 16.3. The molecule has 31 heavy (non-hydrogen) atoms. The Morgan fingerprint density at radius 1 is 0.806 bits per heavy atom. The van der Waals surface area contributed by atoms with Crippen LogP contribution in [0, 0.1) is 36.5 Å². The number of hydrogen-bond donors (Lipinski definition) is 2. The Bertz CT molecular complexity index is 937. The van der Waals surface area contributed by atoms with Crippen LogP contribution in [0.25, 0.3) is 0 Å². The molecule has 1 fully saturated rings. The van der Waals surface area contributed by atoms with Gasteiger partial charge in [-0.1, -0.05) is 48.2 Å². The maximum atomic E-state index is 12.5. The summed E-state index contributed by atoms with van der Waals surface area (Å²) in [5.74, 6) is 5.16.